The van der Waals surface area contributed by atoms with Crippen LogP contribution < -0.4 is 31.7 Å². The number of aliphatic hydroxyl groups is 4. The zero-order valence-corrected chi connectivity index (χ0v) is 63.7. The minimum absolute atomic E-state index is 0.0167. The first kappa shape index (κ1) is 89.3. The number of nitrogens with zero attached hydrogens (tertiary/aromatic N) is 4. The predicted octanol–water partition coefficient (Wildman–Crippen LogP) is 2.54. The number of Topliss-reactive ketones (excluding diaryl/α,β-unsaturated/α-hetero) is 2. The standard InChI is InChI=1S/C75H113N9O23/c1-14-43(6)63(56(103-12)38-61(91)83-33-20-24-51(83)68(104-13)45(8)53(85)35-44(7)64(92)47-21-16-15-17-22-47)81(9)72(98)48(41(2)3)37-54(86)62(42(4)5)82(10)75(101)105-40-46-25-26-55(106-74-67(95)65(93)66(94)69(107-74)73(99)100)50(36-46)79-58(88)29-32-78-70(96)49(23-18-19-31-77-57(87)30-34-102-11)80-71(97)52(39-76)84-59(89)27-28-60(84)90/h15-17,21-22,25-28,36,41-45,48-49,51-52,56,62-69,74,92-95H,14,18-20,23-24,29-35,37-40,76H2,1-13H3,(H,77,87)(H,78,96)(H,79,88)(H,80,97)(H,99,100)/t43-,44-,45-,48-,49-,51-,52+,56+,62-,63-,64+,65-,66-,67+,68+,69-,74+/m0/s1. The molecule has 32 nitrogen and oxygen atoms in total. The van der Waals surface area contributed by atoms with Crippen molar-refractivity contribution in [2.45, 2.75) is 212 Å². The number of hydrogen-bond acceptors (Lipinski definition) is 23. The Morgan fingerprint density at radius 2 is 1.42 bits per heavy atom. The number of benzene rings is 2. The molecule has 17 atom stereocenters. The molecule has 0 radical (unpaired) electrons. The second-order valence-electron chi connectivity index (χ2n) is 28.5. The van der Waals surface area contributed by atoms with E-state index in [4.69, 9.17) is 34.2 Å². The van der Waals surface area contributed by atoms with Crippen molar-refractivity contribution in [3.63, 3.8) is 0 Å². The maximum absolute atomic E-state index is 15.0. The quantitative estimate of drug-likeness (QED) is 0.0336. The summed E-state index contributed by atoms with van der Waals surface area (Å²) in [4.78, 5) is 168. The minimum Gasteiger partial charge on any atom is -0.479 e. The number of ketones is 2. The first-order chi connectivity index (χ1) is 50.7. The van der Waals surface area contributed by atoms with Crippen LogP contribution in [0.25, 0.3) is 0 Å². The summed E-state index contributed by atoms with van der Waals surface area (Å²) in [6.45, 7) is 14.0. The number of aliphatic hydroxyl groups excluding tert-OH is 4. The van der Waals surface area contributed by atoms with Crippen LogP contribution in [0.5, 0.6) is 5.75 Å². The lowest BCUT2D eigenvalue weighted by Crippen LogP contribution is -2.61. The third-order valence-corrected chi connectivity index (χ3v) is 20.2. The Hall–Kier alpha value is -8.34. The molecule has 5 rings (SSSR count). The number of anilines is 1. The molecule has 0 spiro atoms. The third-order valence-electron chi connectivity index (χ3n) is 20.2. The van der Waals surface area contributed by atoms with Crippen LogP contribution in [0.4, 0.5) is 10.5 Å². The lowest BCUT2D eigenvalue weighted by molar-refractivity contribution is -0.271. The molecule has 3 aliphatic heterocycles. The van der Waals surface area contributed by atoms with E-state index < -0.39 is 170 Å². The van der Waals surface area contributed by atoms with E-state index in [1.807, 2.05) is 51.1 Å². The molecule has 2 saturated heterocycles. The van der Waals surface area contributed by atoms with Crippen molar-refractivity contribution in [3.8, 4) is 5.75 Å². The summed E-state index contributed by atoms with van der Waals surface area (Å²) >= 11 is 0. The van der Waals surface area contributed by atoms with E-state index in [2.05, 4.69) is 21.3 Å². The van der Waals surface area contributed by atoms with Crippen molar-refractivity contribution in [1.29, 1.82) is 0 Å². The van der Waals surface area contributed by atoms with E-state index in [0.717, 1.165) is 17.1 Å². The Balaban J connectivity index is 1.30. The number of hydrogen-bond donors (Lipinski definition) is 10. The summed E-state index contributed by atoms with van der Waals surface area (Å²) in [7, 11) is 7.44. The number of likely N-dealkylation sites (N-methyl/N-ethyl adjacent to an activating group) is 2. The number of amides is 9. The topological polar surface area (TPSA) is 448 Å². The van der Waals surface area contributed by atoms with Gasteiger partial charge in [-0.1, -0.05) is 98.2 Å². The third kappa shape index (κ3) is 24.6. The van der Waals surface area contributed by atoms with Crippen molar-refractivity contribution in [2.24, 2.45) is 41.2 Å². The van der Waals surface area contributed by atoms with Crippen LogP contribution >= 0.6 is 0 Å². The van der Waals surface area contributed by atoms with Crippen LogP contribution in [0.2, 0.25) is 0 Å². The van der Waals surface area contributed by atoms with E-state index in [1.165, 1.54) is 46.6 Å². The average Bonchev–Trinajstić information content (AvgIpc) is 1.63. The van der Waals surface area contributed by atoms with E-state index >= 15 is 4.79 Å². The van der Waals surface area contributed by atoms with Gasteiger partial charge >= 0.3 is 12.1 Å². The number of carbonyl (C=O) groups is 12. The van der Waals surface area contributed by atoms with Crippen molar-refractivity contribution in [3.05, 3.63) is 71.8 Å². The monoisotopic (exact) mass is 1510 g/mol. The van der Waals surface area contributed by atoms with Gasteiger partial charge in [-0.15, -0.1) is 0 Å². The number of unbranched alkanes of at least 4 members (excludes halogenated alkanes) is 1. The Kier molecular flexibility index (Phi) is 35.9. The van der Waals surface area contributed by atoms with Crippen LogP contribution in [0.3, 0.4) is 0 Å². The molecule has 3 heterocycles. The number of likely N-dealkylation sites (tertiary alicyclic amines) is 1. The lowest BCUT2D eigenvalue weighted by Gasteiger charge is -2.41. The highest BCUT2D eigenvalue weighted by Gasteiger charge is 2.49. The molecule has 2 aromatic carbocycles. The summed E-state index contributed by atoms with van der Waals surface area (Å²) in [5.41, 5.74) is 6.52. The summed E-state index contributed by atoms with van der Waals surface area (Å²) < 4.78 is 34.0. The second kappa shape index (κ2) is 43.0. The van der Waals surface area contributed by atoms with E-state index in [1.54, 1.807) is 51.5 Å². The minimum atomic E-state index is -2.08. The number of ether oxygens (including phenoxy) is 6. The number of nitrogens with two attached hydrogens (primary N) is 1. The molecular weight excluding hydrogens is 1390 g/mol. The molecule has 2 aromatic rings. The fourth-order valence-electron chi connectivity index (χ4n) is 13.9. The van der Waals surface area contributed by atoms with Crippen LogP contribution in [0, 0.1) is 35.5 Å². The summed E-state index contributed by atoms with van der Waals surface area (Å²) in [5, 5.41) is 63.1. The fraction of sp³-hybridized carbons (Fsp3) is 0.653. The number of carboxylic acids is 1. The van der Waals surface area contributed by atoms with Crippen molar-refractivity contribution < 1.29 is 111 Å². The van der Waals surface area contributed by atoms with E-state index in [9.17, 15) is 78.3 Å². The van der Waals surface area contributed by atoms with Gasteiger partial charge in [-0.3, -0.25) is 52.8 Å². The highest BCUT2D eigenvalue weighted by atomic mass is 16.7. The number of nitrogens with one attached hydrogen (secondary N) is 4. The molecule has 596 valence electrons. The van der Waals surface area contributed by atoms with Gasteiger partial charge < -0.3 is 95.7 Å². The zero-order valence-electron chi connectivity index (χ0n) is 63.7. The second-order valence-corrected chi connectivity index (χ2v) is 28.5. The van der Waals surface area contributed by atoms with Gasteiger partial charge in [0.2, 0.25) is 41.7 Å². The van der Waals surface area contributed by atoms with Gasteiger partial charge in [0.05, 0.1) is 55.2 Å². The number of rotatable bonds is 44. The molecule has 3 aliphatic rings. The van der Waals surface area contributed by atoms with Crippen molar-refractivity contribution in [2.75, 3.05) is 73.5 Å². The van der Waals surface area contributed by atoms with Gasteiger partial charge in [0.15, 0.2) is 11.9 Å². The smallest absolute Gasteiger partial charge is 0.410 e. The van der Waals surface area contributed by atoms with Gasteiger partial charge in [0.1, 0.15) is 48.5 Å². The maximum Gasteiger partial charge on any atom is 0.410 e. The fourth-order valence-corrected chi connectivity index (χ4v) is 13.9. The van der Waals surface area contributed by atoms with Crippen LogP contribution in [-0.4, -0.2) is 257 Å². The Morgan fingerprint density at radius 3 is 2.02 bits per heavy atom. The van der Waals surface area contributed by atoms with E-state index in [-0.39, 0.29) is 111 Å². The molecule has 32 heteroatoms. The van der Waals surface area contributed by atoms with Gasteiger partial charge in [-0.25, -0.2) is 9.59 Å². The largest absolute Gasteiger partial charge is 0.479 e. The predicted molar refractivity (Wildman–Crippen MR) is 388 cm³/mol. The summed E-state index contributed by atoms with van der Waals surface area (Å²) in [6.07, 6.45) is -9.84. The Labute approximate surface area is 625 Å². The molecular formula is C75H113N9O23. The Morgan fingerprint density at radius 1 is 0.748 bits per heavy atom. The van der Waals surface area contributed by atoms with Crippen LogP contribution in [-0.2, 0) is 83.0 Å². The van der Waals surface area contributed by atoms with Gasteiger partial charge in [0, 0.05) is 111 Å². The molecule has 11 N–H and O–H groups in total. The normalized spacial score (nSPS) is 21.0. The number of carbonyl (C=O) groups excluding carboxylic acids is 11. The van der Waals surface area contributed by atoms with Gasteiger partial charge in [-0.05, 0) is 79.0 Å². The van der Waals surface area contributed by atoms with Crippen molar-refractivity contribution in [1.82, 2.24) is 35.6 Å². The first-order valence-electron chi connectivity index (χ1n) is 36.6. The first-order valence-corrected chi connectivity index (χ1v) is 36.6. The molecule has 9 amide bonds. The molecule has 0 bridgehead atoms. The number of carboxylic acid groups (broad SMARTS) is 1. The van der Waals surface area contributed by atoms with Gasteiger partial charge in [0.25, 0.3) is 11.8 Å². The average molecular weight is 1510 g/mol. The van der Waals surface area contributed by atoms with Gasteiger partial charge in [-0.2, -0.15) is 0 Å². The molecule has 0 unspecified atom stereocenters. The molecule has 0 aliphatic carbocycles. The highest BCUT2D eigenvalue weighted by molar-refractivity contribution is 6.15. The van der Waals surface area contributed by atoms with Crippen LogP contribution in [0.15, 0.2) is 60.7 Å². The number of imide groups is 1. The number of methoxy groups -OCH3 is 3. The lowest BCUT2D eigenvalue weighted by atomic mass is 9.83. The molecule has 0 saturated carbocycles. The maximum atomic E-state index is 15.0. The summed E-state index contributed by atoms with van der Waals surface area (Å²) in [5.74, 6) is -10.6. The van der Waals surface area contributed by atoms with Crippen LogP contribution in [0.1, 0.15) is 143 Å². The number of aliphatic carboxylic acids is 1. The SMILES string of the molecule is CC[C@H](C)[C@@H]([C@@H](CC(=O)N1CCC[C@H]1[C@H](OC)[C@@H](C)C(=O)C[C@H](C)[C@@H](O)c1ccccc1)OC)N(C)C(=O)[C@@H](CC(=O)[C@H](C(C)C)N(C)C(=O)OCc1ccc(O[C@@H]2O[C@H](C(=O)O)[C@@H](O)[C@H](O)[C@H]2O)c(NC(=O)CCNC(=O)[C@H](CCCCNC(=O)CCOC)NC(=O)[C@@H](CN)N2C(=O)C=CC2=O)c1)C(C)C. The Bertz CT molecular complexity index is 3360. The van der Waals surface area contributed by atoms with Crippen molar-refractivity contribution >= 4 is 76.6 Å². The molecule has 0 aromatic heterocycles. The molecule has 2 fully saturated rings. The van der Waals surface area contributed by atoms with E-state index in [0.29, 0.717) is 42.7 Å². The highest BCUT2D eigenvalue weighted by Crippen LogP contribution is 2.35. The zero-order chi connectivity index (χ0) is 79.7. The summed E-state index contributed by atoms with van der Waals surface area (Å²) in [6, 6.07) is 7.98. The molecule has 107 heavy (non-hydrogen) atoms.